The maximum absolute atomic E-state index is 11.5. The van der Waals surface area contributed by atoms with E-state index in [9.17, 15) is 9.59 Å². The van der Waals surface area contributed by atoms with Gasteiger partial charge in [-0.1, -0.05) is 13.8 Å². The summed E-state index contributed by atoms with van der Waals surface area (Å²) in [5.74, 6) is 1.23. The van der Waals surface area contributed by atoms with E-state index in [0.717, 1.165) is 12.2 Å². The Kier molecular flexibility index (Phi) is 8.07. The largest absolute Gasteiger partial charge is 0.481 e. The monoisotopic (exact) mass is 247 g/mol. The van der Waals surface area contributed by atoms with Crippen LogP contribution in [0.25, 0.3) is 0 Å². The van der Waals surface area contributed by atoms with Crippen molar-refractivity contribution in [3.63, 3.8) is 0 Å². The van der Waals surface area contributed by atoms with E-state index in [2.05, 4.69) is 13.8 Å². The van der Waals surface area contributed by atoms with Crippen molar-refractivity contribution in [2.75, 3.05) is 25.1 Å². The molecule has 0 unspecified atom stereocenters. The Morgan fingerprint density at radius 3 is 2.50 bits per heavy atom. The van der Waals surface area contributed by atoms with Gasteiger partial charge >= 0.3 is 5.97 Å². The van der Waals surface area contributed by atoms with Crippen LogP contribution in [0.5, 0.6) is 0 Å². The summed E-state index contributed by atoms with van der Waals surface area (Å²) >= 11 is 1.61. The molecule has 0 saturated carbocycles. The molecule has 1 N–H and O–H groups in total. The van der Waals surface area contributed by atoms with Gasteiger partial charge in [0.1, 0.15) is 0 Å². The third-order valence-electron chi connectivity index (χ3n) is 2.15. The lowest BCUT2D eigenvalue weighted by Crippen LogP contribution is -2.30. The summed E-state index contributed by atoms with van der Waals surface area (Å²) in [7, 11) is 1.65. The second-order valence-electron chi connectivity index (χ2n) is 4.19. The number of hydrogen-bond acceptors (Lipinski definition) is 3. The molecule has 0 aliphatic carbocycles. The second-order valence-corrected chi connectivity index (χ2v) is 5.30. The fourth-order valence-electron chi connectivity index (χ4n) is 0.977. The zero-order valence-electron chi connectivity index (χ0n) is 10.2. The van der Waals surface area contributed by atoms with E-state index in [4.69, 9.17) is 5.11 Å². The van der Waals surface area contributed by atoms with E-state index in [1.807, 2.05) is 0 Å². The quantitative estimate of drug-likeness (QED) is 0.663. The molecule has 0 saturated heterocycles. The molecule has 0 atom stereocenters. The van der Waals surface area contributed by atoms with Crippen molar-refractivity contribution in [3.8, 4) is 0 Å². The predicted octanol–water partition coefficient (Wildman–Crippen LogP) is 1.70. The fourth-order valence-corrected chi connectivity index (χ4v) is 2.15. The van der Waals surface area contributed by atoms with E-state index in [-0.39, 0.29) is 12.3 Å². The minimum absolute atomic E-state index is 0.00926. The van der Waals surface area contributed by atoms with Gasteiger partial charge in [-0.05, 0) is 18.1 Å². The number of carbonyl (C=O) groups excluding carboxylic acids is 1. The highest BCUT2D eigenvalue weighted by Crippen LogP contribution is 2.09. The van der Waals surface area contributed by atoms with Crippen molar-refractivity contribution in [2.45, 2.75) is 26.7 Å². The van der Waals surface area contributed by atoms with Crippen LogP contribution < -0.4 is 0 Å². The van der Waals surface area contributed by atoms with Crippen LogP contribution in [0, 0.1) is 5.92 Å². The van der Waals surface area contributed by atoms with Crippen LogP contribution in [0.15, 0.2) is 0 Å². The van der Waals surface area contributed by atoms with E-state index in [1.54, 1.807) is 18.8 Å². The third-order valence-corrected chi connectivity index (χ3v) is 3.13. The second kappa shape index (κ2) is 8.44. The Morgan fingerprint density at radius 1 is 1.38 bits per heavy atom. The standard InChI is InChI=1S/C11H21NO3S/c1-9(2)5-7-16-8-10(13)12(3)6-4-11(14)15/h9H,4-8H2,1-3H3,(H,14,15). The normalized spacial score (nSPS) is 10.5. The molecule has 0 aromatic carbocycles. The van der Waals surface area contributed by atoms with Gasteiger partial charge in [-0.2, -0.15) is 11.8 Å². The highest BCUT2D eigenvalue weighted by atomic mass is 32.2. The number of carboxylic acid groups (broad SMARTS) is 1. The van der Waals surface area contributed by atoms with Crippen LogP contribution in [-0.4, -0.2) is 47.0 Å². The van der Waals surface area contributed by atoms with E-state index >= 15 is 0 Å². The lowest BCUT2D eigenvalue weighted by atomic mass is 10.2. The van der Waals surface area contributed by atoms with Crippen molar-refractivity contribution < 1.29 is 14.7 Å². The summed E-state index contributed by atoms with van der Waals surface area (Å²) < 4.78 is 0. The molecule has 4 nitrogen and oxygen atoms in total. The number of thioether (sulfide) groups is 1. The van der Waals surface area contributed by atoms with Crippen molar-refractivity contribution in [2.24, 2.45) is 5.92 Å². The highest BCUT2D eigenvalue weighted by Gasteiger charge is 2.09. The van der Waals surface area contributed by atoms with Crippen LogP contribution in [0.3, 0.4) is 0 Å². The van der Waals surface area contributed by atoms with Gasteiger partial charge in [-0.25, -0.2) is 0 Å². The SMILES string of the molecule is CC(C)CCSCC(=O)N(C)CCC(=O)O. The van der Waals surface area contributed by atoms with Gasteiger partial charge in [-0.3, -0.25) is 9.59 Å². The zero-order chi connectivity index (χ0) is 12.6. The molecule has 0 aliphatic rings. The number of hydrogen-bond donors (Lipinski definition) is 1. The number of nitrogens with zero attached hydrogens (tertiary/aromatic N) is 1. The Morgan fingerprint density at radius 2 is 2.00 bits per heavy atom. The molecule has 0 aliphatic heterocycles. The first-order valence-electron chi connectivity index (χ1n) is 5.47. The predicted molar refractivity (Wildman–Crippen MR) is 66.7 cm³/mol. The van der Waals surface area contributed by atoms with Crippen molar-refractivity contribution in [3.05, 3.63) is 0 Å². The summed E-state index contributed by atoms with van der Waals surface area (Å²) in [5, 5.41) is 8.48. The summed E-state index contributed by atoms with van der Waals surface area (Å²) in [6.45, 7) is 4.60. The Balaban J connectivity index is 3.59. The van der Waals surface area contributed by atoms with E-state index in [1.165, 1.54) is 4.90 Å². The molecule has 0 radical (unpaired) electrons. The van der Waals surface area contributed by atoms with Gasteiger partial charge in [0.2, 0.25) is 5.91 Å². The van der Waals surface area contributed by atoms with Gasteiger partial charge < -0.3 is 10.0 Å². The van der Waals surface area contributed by atoms with Crippen molar-refractivity contribution in [1.82, 2.24) is 4.90 Å². The summed E-state index contributed by atoms with van der Waals surface area (Å²) in [6.07, 6.45) is 1.12. The van der Waals surface area contributed by atoms with E-state index < -0.39 is 5.97 Å². The molecule has 0 aromatic rings. The molecule has 1 amide bonds. The maximum atomic E-state index is 11.5. The lowest BCUT2D eigenvalue weighted by Gasteiger charge is -2.15. The van der Waals surface area contributed by atoms with Gasteiger partial charge in [0.05, 0.1) is 12.2 Å². The van der Waals surface area contributed by atoms with Gasteiger partial charge in [-0.15, -0.1) is 0 Å². The van der Waals surface area contributed by atoms with Crippen LogP contribution >= 0.6 is 11.8 Å². The molecule has 94 valence electrons. The van der Waals surface area contributed by atoms with Crippen molar-refractivity contribution >= 4 is 23.6 Å². The minimum atomic E-state index is -0.868. The Hall–Kier alpha value is -0.710. The lowest BCUT2D eigenvalue weighted by molar-refractivity contribution is -0.137. The van der Waals surface area contributed by atoms with Gasteiger partial charge in [0.25, 0.3) is 0 Å². The van der Waals surface area contributed by atoms with Gasteiger partial charge in [0.15, 0.2) is 0 Å². The number of carbonyl (C=O) groups is 2. The van der Waals surface area contributed by atoms with E-state index in [0.29, 0.717) is 18.2 Å². The molecule has 0 spiro atoms. The highest BCUT2D eigenvalue weighted by molar-refractivity contribution is 7.99. The molecular formula is C11H21NO3S. The number of rotatable bonds is 8. The van der Waals surface area contributed by atoms with Crippen LogP contribution in [0.2, 0.25) is 0 Å². The first-order valence-corrected chi connectivity index (χ1v) is 6.62. The average Bonchev–Trinajstić information content (AvgIpc) is 2.20. The number of aliphatic carboxylic acids is 1. The third kappa shape index (κ3) is 8.59. The van der Waals surface area contributed by atoms with Crippen LogP contribution in [0.4, 0.5) is 0 Å². The van der Waals surface area contributed by atoms with Crippen molar-refractivity contribution in [1.29, 1.82) is 0 Å². The van der Waals surface area contributed by atoms with Crippen LogP contribution in [0.1, 0.15) is 26.7 Å². The smallest absolute Gasteiger partial charge is 0.305 e. The number of carboxylic acids is 1. The first kappa shape index (κ1) is 15.3. The Labute approximate surface area is 101 Å². The molecule has 0 bridgehead atoms. The summed E-state index contributed by atoms with van der Waals surface area (Å²) in [5.41, 5.74) is 0. The topological polar surface area (TPSA) is 57.6 Å². The summed E-state index contributed by atoms with van der Waals surface area (Å²) in [6, 6.07) is 0. The van der Waals surface area contributed by atoms with Gasteiger partial charge in [0, 0.05) is 13.6 Å². The maximum Gasteiger partial charge on any atom is 0.305 e. The fraction of sp³-hybridized carbons (Fsp3) is 0.818. The minimum Gasteiger partial charge on any atom is -0.481 e. The Bertz CT molecular complexity index is 231. The molecule has 0 fully saturated rings. The molecule has 0 heterocycles. The summed E-state index contributed by atoms with van der Waals surface area (Å²) in [4.78, 5) is 23.3. The first-order chi connectivity index (χ1) is 7.43. The molecule has 5 heteroatoms. The molecular weight excluding hydrogens is 226 g/mol. The molecule has 16 heavy (non-hydrogen) atoms. The molecule has 0 rings (SSSR count). The molecule has 0 aromatic heterocycles. The average molecular weight is 247 g/mol. The number of amides is 1. The van der Waals surface area contributed by atoms with Crippen LogP contribution in [-0.2, 0) is 9.59 Å². The zero-order valence-corrected chi connectivity index (χ0v) is 11.0.